The number of oxazole rings is 1. The fourth-order valence-corrected chi connectivity index (χ4v) is 3.30. The first-order valence-electron chi connectivity index (χ1n) is 10.6. The van der Waals surface area contributed by atoms with Crippen molar-refractivity contribution in [3.05, 3.63) is 84.9 Å². The Morgan fingerprint density at radius 1 is 0.968 bits per heavy atom. The first kappa shape index (κ1) is 20.9. The van der Waals surface area contributed by atoms with Crippen molar-refractivity contribution in [2.75, 3.05) is 11.4 Å². The first-order valence-corrected chi connectivity index (χ1v) is 10.6. The standard InChI is InChI=1S/C26H28N3O2/c1-26(2,3)16-8-18-29(25-28-22-9-4-5-10-23(22)31-25)19-20-12-14-21(15-13-20)30-24-11-6-7-17-27-24/h4-7,9-17H,8,18-19H2,1-3H3. The molecule has 0 amide bonds. The van der Waals surface area contributed by atoms with E-state index in [4.69, 9.17) is 14.1 Å². The summed E-state index contributed by atoms with van der Waals surface area (Å²) in [4.78, 5) is 11.1. The molecule has 2 heterocycles. The predicted octanol–water partition coefficient (Wildman–Crippen LogP) is 6.66. The second-order valence-corrected chi connectivity index (χ2v) is 8.66. The van der Waals surface area contributed by atoms with E-state index in [2.05, 4.69) is 49.2 Å². The molecule has 0 fully saturated rings. The average Bonchev–Trinajstić information content (AvgIpc) is 3.18. The number of nitrogens with zero attached hydrogens (tertiary/aromatic N) is 3. The lowest BCUT2D eigenvalue weighted by Gasteiger charge is -2.23. The van der Waals surface area contributed by atoms with E-state index >= 15 is 0 Å². The van der Waals surface area contributed by atoms with Crippen LogP contribution in [-0.4, -0.2) is 16.5 Å². The van der Waals surface area contributed by atoms with Crippen LogP contribution in [0, 0.1) is 11.8 Å². The molecule has 0 saturated carbocycles. The van der Waals surface area contributed by atoms with Crippen molar-refractivity contribution >= 4 is 17.1 Å². The molecule has 4 aromatic rings. The van der Waals surface area contributed by atoms with Gasteiger partial charge < -0.3 is 14.1 Å². The average molecular weight is 415 g/mol. The zero-order valence-corrected chi connectivity index (χ0v) is 18.3. The van der Waals surface area contributed by atoms with Crippen molar-refractivity contribution < 1.29 is 9.15 Å². The van der Waals surface area contributed by atoms with Gasteiger partial charge in [0.05, 0.1) is 0 Å². The van der Waals surface area contributed by atoms with Crippen molar-refractivity contribution in [2.24, 2.45) is 5.41 Å². The lowest BCUT2D eigenvalue weighted by Crippen LogP contribution is -2.25. The maximum absolute atomic E-state index is 6.06. The van der Waals surface area contributed by atoms with Crippen molar-refractivity contribution in [3.8, 4) is 11.6 Å². The maximum Gasteiger partial charge on any atom is 0.298 e. The van der Waals surface area contributed by atoms with Crippen LogP contribution in [0.2, 0.25) is 0 Å². The van der Waals surface area contributed by atoms with Crippen LogP contribution in [-0.2, 0) is 6.54 Å². The van der Waals surface area contributed by atoms with E-state index in [1.807, 2.05) is 54.6 Å². The third-order valence-electron chi connectivity index (χ3n) is 4.87. The number of anilines is 1. The number of aromatic nitrogens is 2. The van der Waals surface area contributed by atoms with E-state index < -0.39 is 0 Å². The number of benzene rings is 2. The molecular formula is C26H28N3O2. The third-order valence-corrected chi connectivity index (χ3v) is 4.87. The molecule has 0 spiro atoms. The van der Waals surface area contributed by atoms with E-state index in [0.717, 1.165) is 35.4 Å². The molecule has 2 aromatic carbocycles. The van der Waals surface area contributed by atoms with Crippen molar-refractivity contribution in [2.45, 2.75) is 33.7 Å². The highest BCUT2D eigenvalue weighted by molar-refractivity contribution is 5.74. The van der Waals surface area contributed by atoms with Gasteiger partial charge >= 0.3 is 0 Å². The van der Waals surface area contributed by atoms with Crippen LogP contribution in [0.3, 0.4) is 0 Å². The van der Waals surface area contributed by atoms with E-state index in [1.54, 1.807) is 6.20 Å². The highest BCUT2D eigenvalue weighted by atomic mass is 16.5. The predicted molar refractivity (Wildman–Crippen MR) is 124 cm³/mol. The normalized spacial score (nSPS) is 11.6. The van der Waals surface area contributed by atoms with Gasteiger partial charge in [0, 0.05) is 25.4 Å². The molecule has 5 heteroatoms. The Balaban J connectivity index is 1.49. The summed E-state index contributed by atoms with van der Waals surface area (Å²) >= 11 is 0. The van der Waals surface area contributed by atoms with Gasteiger partial charge in [-0.1, -0.05) is 51.1 Å². The van der Waals surface area contributed by atoms with Crippen LogP contribution in [0.15, 0.2) is 77.3 Å². The van der Waals surface area contributed by atoms with E-state index in [1.165, 1.54) is 0 Å². The monoisotopic (exact) mass is 414 g/mol. The first-order chi connectivity index (χ1) is 15.0. The second kappa shape index (κ2) is 9.21. The SMILES string of the molecule is CC(C)(C)[CH]CCN(Cc1ccc(Oc2ccccn2)cc1)c1nc2ccccc2o1. The van der Waals surface area contributed by atoms with Gasteiger partial charge in [0.1, 0.15) is 11.3 Å². The molecule has 1 radical (unpaired) electrons. The molecule has 31 heavy (non-hydrogen) atoms. The number of fused-ring (bicyclic) bond motifs is 1. The van der Waals surface area contributed by atoms with Gasteiger partial charge in [-0.2, -0.15) is 4.98 Å². The van der Waals surface area contributed by atoms with Gasteiger partial charge in [-0.15, -0.1) is 0 Å². The maximum atomic E-state index is 6.06. The summed E-state index contributed by atoms with van der Waals surface area (Å²) in [5.74, 6) is 1.35. The molecule has 2 aromatic heterocycles. The van der Waals surface area contributed by atoms with Crippen LogP contribution in [0.25, 0.3) is 11.1 Å². The summed E-state index contributed by atoms with van der Waals surface area (Å²) < 4.78 is 11.9. The topological polar surface area (TPSA) is 51.4 Å². The molecule has 0 aliphatic rings. The van der Waals surface area contributed by atoms with Gasteiger partial charge in [-0.25, -0.2) is 4.98 Å². The van der Waals surface area contributed by atoms with Crippen LogP contribution in [0.1, 0.15) is 32.8 Å². The quantitative estimate of drug-likeness (QED) is 0.322. The van der Waals surface area contributed by atoms with E-state index in [-0.39, 0.29) is 5.41 Å². The van der Waals surface area contributed by atoms with Crippen LogP contribution >= 0.6 is 0 Å². The molecule has 0 saturated heterocycles. The minimum absolute atomic E-state index is 0.178. The lowest BCUT2D eigenvalue weighted by molar-refractivity contribution is 0.462. The summed E-state index contributed by atoms with van der Waals surface area (Å²) in [7, 11) is 0. The summed E-state index contributed by atoms with van der Waals surface area (Å²) in [5.41, 5.74) is 3.02. The van der Waals surface area contributed by atoms with E-state index in [9.17, 15) is 0 Å². The van der Waals surface area contributed by atoms with Gasteiger partial charge in [0.25, 0.3) is 6.01 Å². The minimum atomic E-state index is 0.178. The van der Waals surface area contributed by atoms with Crippen LogP contribution in [0.4, 0.5) is 6.01 Å². The van der Waals surface area contributed by atoms with Crippen LogP contribution in [0.5, 0.6) is 11.6 Å². The third kappa shape index (κ3) is 5.85. The van der Waals surface area contributed by atoms with Crippen LogP contribution < -0.4 is 9.64 Å². The van der Waals surface area contributed by atoms with Gasteiger partial charge in [-0.3, -0.25) is 0 Å². The van der Waals surface area contributed by atoms with E-state index in [0.29, 0.717) is 18.4 Å². The Hall–Kier alpha value is -3.34. The number of para-hydroxylation sites is 2. The molecule has 159 valence electrons. The Labute approximate surface area is 183 Å². The van der Waals surface area contributed by atoms with Gasteiger partial charge in [0.15, 0.2) is 5.58 Å². The van der Waals surface area contributed by atoms with Crippen molar-refractivity contribution in [3.63, 3.8) is 0 Å². The lowest BCUT2D eigenvalue weighted by atomic mass is 9.90. The summed E-state index contributed by atoms with van der Waals surface area (Å²) in [6.07, 6.45) is 5.01. The summed E-state index contributed by atoms with van der Waals surface area (Å²) in [6, 6.07) is 22.2. The Bertz CT molecular complexity index is 1070. The largest absolute Gasteiger partial charge is 0.439 e. The summed E-state index contributed by atoms with van der Waals surface area (Å²) in [6.45, 7) is 8.19. The molecule has 0 N–H and O–H groups in total. The molecule has 0 aliphatic carbocycles. The van der Waals surface area contributed by atoms with Crippen molar-refractivity contribution in [1.82, 2.24) is 9.97 Å². The minimum Gasteiger partial charge on any atom is -0.439 e. The fraction of sp³-hybridized carbons (Fsp3) is 0.269. The Morgan fingerprint density at radius 3 is 2.45 bits per heavy atom. The highest BCUT2D eigenvalue weighted by Crippen LogP contribution is 2.26. The number of hydrogen-bond acceptors (Lipinski definition) is 5. The molecular weight excluding hydrogens is 386 g/mol. The zero-order valence-electron chi connectivity index (χ0n) is 18.3. The zero-order chi connectivity index (χ0) is 21.7. The second-order valence-electron chi connectivity index (χ2n) is 8.66. The Kier molecular flexibility index (Phi) is 6.21. The van der Waals surface area contributed by atoms with Gasteiger partial charge in [0.2, 0.25) is 5.88 Å². The molecule has 0 atom stereocenters. The molecule has 5 nitrogen and oxygen atoms in total. The number of hydrogen-bond donors (Lipinski definition) is 0. The number of ether oxygens (including phenoxy) is 1. The summed E-state index contributed by atoms with van der Waals surface area (Å²) in [5, 5.41) is 0. The molecule has 0 bridgehead atoms. The number of pyridine rings is 1. The molecule has 4 rings (SSSR count). The Morgan fingerprint density at radius 2 is 1.74 bits per heavy atom. The van der Waals surface area contributed by atoms with Gasteiger partial charge in [-0.05, 0) is 54.2 Å². The van der Waals surface area contributed by atoms with Crippen molar-refractivity contribution in [1.29, 1.82) is 0 Å². The number of rotatable bonds is 8. The molecule has 0 unspecified atom stereocenters. The molecule has 0 aliphatic heterocycles. The smallest absolute Gasteiger partial charge is 0.298 e. The fourth-order valence-electron chi connectivity index (χ4n) is 3.30. The highest BCUT2D eigenvalue weighted by Gasteiger charge is 2.17.